The Balaban J connectivity index is 0.00000225. The number of carbonyl (C=O) groups excluding carboxylic acids is 1. The maximum Gasteiger partial charge on any atom is 0.253 e. The van der Waals surface area contributed by atoms with Crippen LogP contribution in [0.5, 0.6) is 5.75 Å². The lowest BCUT2D eigenvalue weighted by molar-refractivity contribution is -0.126. The first-order valence-electron chi connectivity index (χ1n) is 8.71. The molecule has 1 amide bonds. The number of hydrogen-bond acceptors (Lipinski definition) is 5. The first kappa shape index (κ1) is 20.0. The van der Waals surface area contributed by atoms with Crippen LogP contribution in [0.4, 0.5) is 5.69 Å². The molecule has 1 aromatic carbocycles. The lowest BCUT2D eigenvalue weighted by atomic mass is 10.0. The fourth-order valence-electron chi connectivity index (χ4n) is 3.06. The minimum absolute atomic E-state index is 0. The summed E-state index contributed by atoms with van der Waals surface area (Å²) in [6.07, 6.45) is 3.27. The third-order valence-corrected chi connectivity index (χ3v) is 4.61. The molecule has 0 saturated carbocycles. The number of rotatable bonds is 6. The van der Waals surface area contributed by atoms with Gasteiger partial charge in [0.15, 0.2) is 0 Å². The van der Waals surface area contributed by atoms with Crippen molar-refractivity contribution >= 4 is 24.0 Å². The topological polar surface area (TPSA) is 82.8 Å². The van der Waals surface area contributed by atoms with E-state index in [1.807, 2.05) is 24.3 Å². The average Bonchev–Trinajstić information content (AvgIpc) is 3.11. The second kappa shape index (κ2) is 9.97. The van der Waals surface area contributed by atoms with Crippen molar-refractivity contribution in [3.05, 3.63) is 24.3 Å². The van der Waals surface area contributed by atoms with E-state index in [4.69, 9.17) is 19.9 Å². The Morgan fingerprint density at radius 2 is 1.88 bits per heavy atom. The Hall–Kier alpha value is -1.34. The van der Waals surface area contributed by atoms with Crippen LogP contribution in [-0.2, 0) is 14.3 Å². The zero-order valence-electron chi connectivity index (χ0n) is 14.3. The van der Waals surface area contributed by atoms with Crippen LogP contribution in [0.1, 0.15) is 25.7 Å². The molecule has 1 aromatic rings. The van der Waals surface area contributed by atoms with Crippen molar-refractivity contribution < 1.29 is 19.0 Å². The molecule has 7 heteroatoms. The van der Waals surface area contributed by atoms with Crippen LogP contribution in [0, 0.1) is 5.92 Å². The van der Waals surface area contributed by atoms with Crippen molar-refractivity contribution in [3.8, 4) is 5.75 Å². The molecule has 0 aliphatic carbocycles. The van der Waals surface area contributed by atoms with Crippen LogP contribution in [0.25, 0.3) is 0 Å². The van der Waals surface area contributed by atoms with Gasteiger partial charge < -0.3 is 25.3 Å². The quantitative estimate of drug-likeness (QED) is 0.803. The summed E-state index contributed by atoms with van der Waals surface area (Å²) >= 11 is 0. The Kier molecular flexibility index (Phi) is 7.96. The van der Waals surface area contributed by atoms with Gasteiger partial charge in [0.25, 0.3) is 5.91 Å². The molecule has 0 aromatic heterocycles. The summed E-state index contributed by atoms with van der Waals surface area (Å²) in [5.74, 6) is 1.27. The summed E-state index contributed by atoms with van der Waals surface area (Å²) in [5, 5.41) is 2.88. The van der Waals surface area contributed by atoms with E-state index in [9.17, 15) is 4.79 Å². The van der Waals surface area contributed by atoms with Gasteiger partial charge in [0, 0.05) is 25.4 Å². The highest BCUT2D eigenvalue weighted by atomic mass is 35.5. The number of nitrogens with one attached hydrogen (secondary N) is 1. The Morgan fingerprint density at radius 1 is 1.16 bits per heavy atom. The number of nitrogens with two attached hydrogens (primary N) is 1. The first-order chi connectivity index (χ1) is 11.7. The second-order valence-corrected chi connectivity index (χ2v) is 6.44. The molecule has 6 nitrogen and oxygen atoms in total. The molecule has 2 aliphatic rings. The number of benzene rings is 1. The third kappa shape index (κ3) is 5.85. The summed E-state index contributed by atoms with van der Waals surface area (Å²) in [6, 6.07) is 7.47. The molecule has 140 valence electrons. The first-order valence-corrected chi connectivity index (χ1v) is 8.71. The van der Waals surface area contributed by atoms with Crippen molar-refractivity contribution in [2.75, 3.05) is 31.7 Å². The Morgan fingerprint density at radius 3 is 2.52 bits per heavy atom. The van der Waals surface area contributed by atoms with Crippen molar-refractivity contribution in [1.29, 1.82) is 0 Å². The number of halogens is 1. The zero-order chi connectivity index (χ0) is 16.8. The molecule has 3 N–H and O–H groups in total. The normalized spacial score (nSPS) is 23.7. The summed E-state index contributed by atoms with van der Waals surface area (Å²) < 4.78 is 16.8. The smallest absolute Gasteiger partial charge is 0.253 e. The van der Waals surface area contributed by atoms with Gasteiger partial charge >= 0.3 is 0 Å². The molecule has 0 unspecified atom stereocenters. The van der Waals surface area contributed by atoms with Gasteiger partial charge in [0.05, 0.1) is 12.7 Å². The number of carbonyl (C=O) groups is 1. The standard InChI is InChI=1S/C18H26N2O4.ClH/c19-11-16-5-6-17(24-16)18(21)20-14-1-3-15(4-2-14)23-12-13-7-9-22-10-8-13;/h1-4,13,16-17H,5-12,19H2,(H,20,21);1H/t16-,17+;/m1./s1. The fourth-order valence-corrected chi connectivity index (χ4v) is 3.06. The summed E-state index contributed by atoms with van der Waals surface area (Å²) in [5.41, 5.74) is 6.32. The van der Waals surface area contributed by atoms with Crippen LogP contribution in [0.2, 0.25) is 0 Å². The molecule has 2 heterocycles. The van der Waals surface area contributed by atoms with Crippen LogP contribution in [0.3, 0.4) is 0 Å². The van der Waals surface area contributed by atoms with Gasteiger partial charge in [-0.15, -0.1) is 12.4 Å². The van der Waals surface area contributed by atoms with Crippen molar-refractivity contribution in [3.63, 3.8) is 0 Å². The zero-order valence-corrected chi connectivity index (χ0v) is 15.1. The van der Waals surface area contributed by atoms with Gasteiger partial charge in [-0.05, 0) is 55.9 Å². The van der Waals surface area contributed by atoms with E-state index in [-0.39, 0.29) is 24.4 Å². The van der Waals surface area contributed by atoms with E-state index < -0.39 is 6.10 Å². The van der Waals surface area contributed by atoms with Gasteiger partial charge in [0.2, 0.25) is 0 Å². The molecule has 2 saturated heterocycles. The molecule has 0 spiro atoms. The minimum atomic E-state index is -0.400. The number of amides is 1. The monoisotopic (exact) mass is 370 g/mol. The van der Waals surface area contributed by atoms with Gasteiger partial charge in [-0.2, -0.15) is 0 Å². The van der Waals surface area contributed by atoms with Crippen LogP contribution < -0.4 is 15.8 Å². The summed E-state index contributed by atoms with van der Waals surface area (Å²) in [6.45, 7) is 2.83. The van der Waals surface area contributed by atoms with Gasteiger partial charge in [0.1, 0.15) is 11.9 Å². The molecular formula is C18H27ClN2O4. The van der Waals surface area contributed by atoms with Crippen molar-refractivity contribution in [2.45, 2.75) is 37.9 Å². The highest BCUT2D eigenvalue weighted by molar-refractivity contribution is 5.94. The SMILES string of the molecule is Cl.NC[C@H]1CC[C@@H](C(=O)Nc2ccc(OCC3CCOCC3)cc2)O1. The van der Waals surface area contributed by atoms with E-state index in [1.54, 1.807) is 0 Å². The average molecular weight is 371 g/mol. The number of ether oxygens (including phenoxy) is 3. The molecule has 2 aliphatic heterocycles. The van der Waals surface area contributed by atoms with Crippen molar-refractivity contribution in [1.82, 2.24) is 0 Å². The molecule has 25 heavy (non-hydrogen) atoms. The number of hydrogen-bond donors (Lipinski definition) is 2. The highest BCUT2D eigenvalue weighted by Crippen LogP contribution is 2.22. The van der Waals surface area contributed by atoms with Crippen LogP contribution in [-0.4, -0.2) is 44.5 Å². The van der Waals surface area contributed by atoms with Gasteiger partial charge in [-0.25, -0.2) is 0 Å². The van der Waals surface area contributed by atoms with E-state index in [0.29, 0.717) is 19.1 Å². The van der Waals surface area contributed by atoms with E-state index >= 15 is 0 Å². The second-order valence-electron chi connectivity index (χ2n) is 6.44. The molecular weight excluding hydrogens is 344 g/mol. The predicted molar refractivity (Wildman–Crippen MR) is 98.3 cm³/mol. The summed E-state index contributed by atoms with van der Waals surface area (Å²) in [4.78, 5) is 12.2. The maximum absolute atomic E-state index is 12.2. The molecule has 0 radical (unpaired) electrons. The molecule has 2 fully saturated rings. The highest BCUT2D eigenvalue weighted by Gasteiger charge is 2.29. The minimum Gasteiger partial charge on any atom is -0.493 e. The summed E-state index contributed by atoms with van der Waals surface area (Å²) in [7, 11) is 0. The molecule has 0 bridgehead atoms. The van der Waals surface area contributed by atoms with Gasteiger partial charge in [-0.3, -0.25) is 4.79 Å². The third-order valence-electron chi connectivity index (χ3n) is 4.61. The maximum atomic E-state index is 12.2. The van der Waals surface area contributed by atoms with E-state index in [0.717, 1.165) is 50.3 Å². The fraction of sp³-hybridized carbons (Fsp3) is 0.611. The lowest BCUT2D eigenvalue weighted by Crippen LogP contribution is -2.29. The lowest BCUT2D eigenvalue weighted by Gasteiger charge is -2.22. The van der Waals surface area contributed by atoms with Crippen molar-refractivity contribution in [2.24, 2.45) is 11.7 Å². The predicted octanol–water partition coefficient (Wildman–Crippen LogP) is 2.36. The molecule has 3 rings (SSSR count). The largest absolute Gasteiger partial charge is 0.493 e. The Bertz CT molecular complexity index is 534. The number of anilines is 1. The van der Waals surface area contributed by atoms with Crippen LogP contribution >= 0.6 is 12.4 Å². The van der Waals surface area contributed by atoms with E-state index in [1.165, 1.54) is 0 Å². The Labute approximate surface area is 154 Å². The van der Waals surface area contributed by atoms with E-state index in [2.05, 4.69) is 5.32 Å². The van der Waals surface area contributed by atoms with Crippen LogP contribution in [0.15, 0.2) is 24.3 Å². The molecule has 2 atom stereocenters. The van der Waals surface area contributed by atoms with Gasteiger partial charge in [-0.1, -0.05) is 0 Å².